The van der Waals surface area contributed by atoms with Crippen molar-refractivity contribution in [2.75, 3.05) is 0 Å². The number of benzene rings is 1. The summed E-state index contributed by atoms with van der Waals surface area (Å²) in [4.78, 5) is 0. The van der Waals surface area contributed by atoms with Gasteiger partial charge in [0.05, 0.1) is 0 Å². The van der Waals surface area contributed by atoms with Crippen molar-refractivity contribution in [3.63, 3.8) is 0 Å². The molecule has 0 atom stereocenters. The Hall–Kier alpha value is -1.57. The lowest BCUT2D eigenvalue weighted by molar-refractivity contribution is 0.389. The minimum Gasteiger partial charge on any atom is -0.361 e. The Labute approximate surface area is 83.5 Å². The second kappa shape index (κ2) is 3.66. The molecule has 2 nitrogen and oxygen atoms in total. The highest BCUT2D eigenvalue weighted by molar-refractivity contribution is 5.59. The normalized spacial score (nSPS) is 10.4. The Balaban J connectivity index is 2.34. The first kappa shape index (κ1) is 9.00. The van der Waals surface area contributed by atoms with Crippen LogP contribution in [-0.2, 0) is 6.42 Å². The molecule has 0 amide bonds. The van der Waals surface area contributed by atoms with Gasteiger partial charge in [0.2, 0.25) is 0 Å². The van der Waals surface area contributed by atoms with E-state index in [1.165, 1.54) is 5.56 Å². The number of aromatic nitrogens is 1. The molecular formula is C12H13NO. The maximum Gasteiger partial charge on any atom is 0.137 e. The number of hydrogen-bond donors (Lipinski definition) is 0. The minimum atomic E-state index is 0.888. The molecule has 0 N–H and O–H groups in total. The predicted molar refractivity (Wildman–Crippen MR) is 56.1 cm³/mol. The van der Waals surface area contributed by atoms with E-state index in [2.05, 4.69) is 43.3 Å². The molecule has 1 aromatic heterocycles. The number of rotatable bonds is 2. The Morgan fingerprint density at radius 2 is 1.93 bits per heavy atom. The van der Waals surface area contributed by atoms with Crippen molar-refractivity contribution in [2.24, 2.45) is 0 Å². The third-order valence-electron chi connectivity index (χ3n) is 2.25. The monoisotopic (exact) mass is 187 g/mol. The number of hydrogen-bond acceptors (Lipinski definition) is 2. The van der Waals surface area contributed by atoms with Crippen molar-refractivity contribution in [3.05, 3.63) is 41.7 Å². The van der Waals surface area contributed by atoms with E-state index < -0.39 is 0 Å². The predicted octanol–water partition coefficient (Wildman–Crippen LogP) is 3.21. The van der Waals surface area contributed by atoms with Crippen LogP contribution in [0.2, 0.25) is 0 Å². The zero-order valence-corrected chi connectivity index (χ0v) is 8.45. The minimum absolute atomic E-state index is 0.888. The van der Waals surface area contributed by atoms with Crippen molar-refractivity contribution < 1.29 is 4.52 Å². The SMILES string of the molecule is CCc1cc(-c2ccc(C)cc2)no1. The standard InChI is InChI=1S/C12H13NO/c1-3-11-8-12(13-14-11)10-6-4-9(2)5-7-10/h4-8H,3H2,1-2H3. The highest BCUT2D eigenvalue weighted by atomic mass is 16.5. The highest BCUT2D eigenvalue weighted by Gasteiger charge is 2.03. The maximum absolute atomic E-state index is 5.15. The van der Waals surface area contributed by atoms with E-state index in [0.717, 1.165) is 23.4 Å². The molecular weight excluding hydrogens is 174 g/mol. The van der Waals surface area contributed by atoms with Gasteiger partial charge in [-0.05, 0) is 6.92 Å². The van der Waals surface area contributed by atoms with Gasteiger partial charge in [0.1, 0.15) is 11.5 Å². The molecule has 0 bridgehead atoms. The summed E-state index contributed by atoms with van der Waals surface area (Å²) >= 11 is 0. The molecule has 2 rings (SSSR count). The van der Waals surface area contributed by atoms with Gasteiger partial charge in [-0.3, -0.25) is 0 Å². The molecule has 0 saturated heterocycles. The summed E-state index contributed by atoms with van der Waals surface area (Å²) in [7, 11) is 0. The lowest BCUT2D eigenvalue weighted by atomic mass is 10.1. The Bertz CT molecular complexity index is 414. The third-order valence-corrected chi connectivity index (χ3v) is 2.25. The summed E-state index contributed by atoms with van der Waals surface area (Å²) in [6, 6.07) is 10.3. The lowest BCUT2D eigenvalue weighted by Crippen LogP contribution is -1.77. The second-order valence-corrected chi connectivity index (χ2v) is 3.40. The summed E-state index contributed by atoms with van der Waals surface area (Å²) < 4.78 is 5.15. The van der Waals surface area contributed by atoms with Crippen LogP contribution in [0.3, 0.4) is 0 Å². The van der Waals surface area contributed by atoms with Gasteiger partial charge in [-0.2, -0.15) is 0 Å². The first-order valence-corrected chi connectivity index (χ1v) is 4.82. The Kier molecular flexibility index (Phi) is 2.35. The molecule has 72 valence electrons. The molecule has 1 aromatic carbocycles. The second-order valence-electron chi connectivity index (χ2n) is 3.40. The van der Waals surface area contributed by atoms with E-state index in [4.69, 9.17) is 4.52 Å². The number of aryl methyl sites for hydroxylation is 2. The highest BCUT2D eigenvalue weighted by Crippen LogP contribution is 2.19. The van der Waals surface area contributed by atoms with Crippen LogP contribution in [0.5, 0.6) is 0 Å². The molecule has 0 aliphatic heterocycles. The Morgan fingerprint density at radius 3 is 2.50 bits per heavy atom. The zero-order chi connectivity index (χ0) is 9.97. The van der Waals surface area contributed by atoms with Gasteiger partial charge in [-0.1, -0.05) is 41.9 Å². The summed E-state index contributed by atoms with van der Waals surface area (Å²) in [6.45, 7) is 4.13. The van der Waals surface area contributed by atoms with Crippen LogP contribution in [0, 0.1) is 6.92 Å². The molecule has 0 saturated carbocycles. The van der Waals surface area contributed by atoms with Crippen LogP contribution in [-0.4, -0.2) is 5.16 Å². The van der Waals surface area contributed by atoms with E-state index in [1.807, 2.05) is 6.07 Å². The third kappa shape index (κ3) is 1.69. The quantitative estimate of drug-likeness (QED) is 0.721. The van der Waals surface area contributed by atoms with Gasteiger partial charge in [-0.25, -0.2) is 0 Å². The molecule has 0 radical (unpaired) electrons. The summed E-state index contributed by atoms with van der Waals surface area (Å²) in [5, 5.41) is 4.01. The van der Waals surface area contributed by atoms with Crippen molar-refractivity contribution in [1.82, 2.24) is 5.16 Å². The molecule has 0 unspecified atom stereocenters. The average Bonchev–Trinajstić information content (AvgIpc) is 2.67. The number of nitrogens with zero attached hydrogens (tertiary/aromatic N) is 1. The van der Waals surface area contributed by atoms with E-state index in [0.29, 0.717) is 0 Å². The van der Waals surface area contributed by atoms with Gasteiger partial charge in [-0.15, -0.1) is 0 Å². The fourth-order valence-corrected chi connectivity index (χ4v) is 1.34. The summed E-state index contributed by atoms with van der Waals surface area (Å²) in [5.74, 6) is 0.931. The van der Waals surface area contributed by atoms with E-state index in [9.17, 15) is 0 Å². The van der Waals surface area contributed by atoms with Crippen LogP contribution in [0.25, 0.3) is 11.3 Å². The molecule has 0 aliphatic rings. The maximum atomic E-state index is 5.15. The fourth-order valence-electron chi connectivity index (χ4n) is 1.34. The van der Waals surface area contributed by atoms with Gasteiger partial charge in [0.25, 0.3) is 0 Å². The first-order valence-electron chi connectivity index (χ1n) is 4.82. The van der Waals surface area contributed by atoms with Crippen LogP contribution >= 0.6 is 0 Å². The summed E-state index contributed by atoms with van der Waals surface area (Å²) in [6.07, 6.45) is 0.888. The largest absolute Gasteiger partial charge is 0.361 e. The van der Waals surface area contributed by atoms with E-state index in [1.54, 1.807) is 0 Å². The molecule has 2 heteroatoms. The van der Waals surface area contributed by atoms with Crippen LogP contribution in [0.1, 0.15) is 18.2 Å². The smallest absolute Gasteiger partial charge is 0.137 e. The first-order chi connectivity index (χ1) is 6.79. The fraction of sp³-hybridized carbons (Fsp3) is 0.250. The Morgan fingerprint density at radius 1 is 1.21 bits per heavy atom. The van der Waals surface area contributed by atoms with Gasteiger partial charge < -0.3 is 4.52 Å². The van der Waals surface area contributed by atoms with Crippen molar-refractivity contribution in [1.29, 1.82) is 0 Å². The van der Waals surface area contributed by atoms with Crippen molar-refractivity contribution in [3.8, 4) is 11.3 Å². The van der Waals surface area contributed by atoms with Gasteiger partial charge in [0.15, 0.2) is 0 Å². The zero-order valence-electron chi connectivity index (χ0n) is 8.45. The van der Waals surface area contributed by atoms with Crippen molar-refractivity contribution in [2.45, 2.75) is 20.3 Å². The molecule has 0 spiro atoms. The summed E-state index contributed by atoms with van der Waals surface area (Å²) in [5.41, 5.74) is 3.29. The van der Waals surface area contributed by atoms with Crippen LogP contribution in [0.4, 0.5) is 0 Å². The van der Waals surface area contributed by atoms with E-state index in [-0.39, 0.29) is 0 Å². The average molecular weight is 187 g/mol. The van der Waals surface area contributed by atoms with Gasteiger partial charge >= 0.3 is 0 Å². The van der Waals surface area contributed by atoms with Gasteiger partial charge in [0, 0.05) is 18.1 Å². The van der Waals surface area contributed by atoms with Crippen LogP contribution < -0.4 is 0 Å². The van der Waals surface area contributed by atoms with Crippen LogP contribution in [0.15, 0.2) is 34.9 Å². The topological polar surface area (TPSA) is 26.0 Å². The molecule has 0 aliphatic carbocycles. The van der Waals surface area contributed by atoms with Crippen molar-refractivity contribution >= 4 is 0 Å². The van der Waals surface area contributed by atoms with E-state index >= 15 is 0 Å². The molecule has 14 heavy (non-hydrogen) atoms. The molecule has 2 aromatic rings. The lowest BCUT2D eigenvalue weighted by Gasteiger charge is -1.95. The molecule has 1 heterocycles. The molecule has 0 fully saturated rings.